The van der Waals surface area contributed by atoms with Crippen LogP contribution in [0.1, 0.15) is 30.4 Å². The fraction of sp³-hybridized carbons (Fsp3) is 0.467. The molecule has 2 aliphatic rings. The molecule has 1 aliphatic carbocycles. The van der Waals surface area contributed by atoms with Crippen LogP contribution >= 0.6 is 0 Å². The van der Waals surface area contributed by atoms with Crippen molar-refractivity contribution in [2.24, 2.45) is 0 Å². The summed E-state index contributed by atoms with van der Waals surface area (Å²) >= 11 is 0. The molecule has 0 unspecified atom stereocenters. The SMILES string of the molecule is O=[N+]([O-])c1cc(C2=CCN(C3CC3)CC2)cc(C(F)(F)F)c1. The maximum atomic E-state index is 12.9. The monoisotopic (exact) mass is 312 g/mol. The van der Waals surface area contributed by atoms with Crippen molar-refractivity contribution in [1.29, 1.82) is 0 Å². The first-order valence-corrected chi connectivity index (χ1v) is 7.15. The molecule has 3 rings (SSSR count). The van der Waals surface area contributed by atoms with Crippen molar-refractivity contribution in [3.8, 4) is 0 Å². The van der Waals surface area contributed by atoms with Gasteiger partial charge in [0.1, 0.15) is 0 Å². The highest BCUT2D eigenvalue weighted by molar-refractivity contribution is 5.69. The van der Waals surface area contributed by atoms with Gasteiger partial charge in [-0.25, -0.2) is 0 Å². The van der Waals surface area contributed by atoms with Crippen LogP contribution in [0, 0.1) is 10.1 Å². The van der Waals surface area contributed by atoms with E-state index in [-0.39, 0.29) is 0 Å². The second-order valence-electron chi connectivity index (χ2n) is 5.73. The molecule has 0 atom stereocenters. The zero-order valence-electron chi connectivity index (χ0n) is 11.8. The van der Waals surface area contributed by atoms with Crippen molar-refractivity contribution >= 4 is 11.3 Å². The van der Waals surface area contributed by atoms with Gasteiger partial charge >= 0.3 is 6.18 Å². The zero-order valence-corrected chi connectivity index (χ0v) is 11.8. The lowest BCUT2D eigenvalue weighted by Gasteiger charge is -2.26. The van der Waals surface area contributed by atoms with Crippen molar-refractivity contribution in [2.75, 3.05) is 13.1 Å². The standard InChI is InChI=1S/C15H15F3N2O2/c16-15(17,18)12-7-11(8-14(9-12)20(21)22)10-3-5-19(6-4-10)13-1-2-13/h3,7-9,13H,1-2,4-6H2. The molecule has 0 N–H and O–H groups in total. The van der Waals surface area contributed by atoms with E-state index in [0.29, 0.717) is 30.6 Å². The van der Waals surface area contributed by atoms with E-state index in [1.165, 1.54) is 18.9 Å². The van der Waals surface area contributed by atoms with E-state index < -0.39 is 22.4 Å². The highest BCUT2D eigenvalue weighted by atomic mass is 19.4. The van der Waals surface area contributed by atoms with E-state index in [4.69, 9.17) is 0 Å². The van der Waals surface area contributed by atoms with Gasteiger partial charge in [0.2, 0.25) is 0 Å². The average molecular weight is 312 g/mol. The Morgan fingerprint density at radius 2 is 1.95 bits per heavy atom. The van der Waals surface area contributed by atoms with Gasteiger partial charge < -0.3 is 0 Å². The first-order chi connectivity index (χ1) is 10.3. The van der Waals surface area contributed by atoms with Crippen LogP contribution in [0.4, 0.5) is 18.9 Å². The van der Waals surface area contributed by atoms with Gasteiger partial charge in [-0.05, 0) is 36.5 Å². The quantitative estimate of drug-likeness (QED) is 0.629. The summed E-state index contributed by atoms with van der Waals surface area (Å²) in [5.74, 6) is 0. The number of hydrogen-bond donors (Lipinski definition) is 0. The normalized spacial score (nSPS) is 19.9. The fourth-order valence-electron chi connectivity index (χ4n) is 2.78. The summed E-state index contributed by atoms with van der Waals surface area (Å²) in [4.78, 5) is 12.4. The van der Waals surface area contributed by atoms with Gasteiger partial charge in [0, 0.05) is 31.3 Å². The molecule has 1 fully saturated rings. The van der Waals surface area contributed by atoms with E-state index >= 15 is 0 Å². The minimum absolute atomic E-state index is 0.303. The largest absolute Gasteiger partial charge is 0.416 e. The first kappa shape index (κ1) is 15.0. The van der Waals surface area contributed by atoms with E-state index in [0.717, 1.165) is 18.2 Å². The maximum Gasteiger partial charge on any atom is 0.416 e. The lowest BCUT2D eigenvalue weighted by Crippen LogP contribution is -2.30. The van der Waals surface area contributed by atoms with E-state index in [1.807, 2.05) is 6.08 Å². The molecule has 1 heterocycles. The molecule has 22 heavy (non-hydrogen) atoms. The predicted molar refractivity (Wildman–Crippen MR) is 75.3 cm³/mol. The van der Waals surface area contributed by atoms with Crippen LogP contribution in [-0.4, -0.2) is 29.0 Å². The molecular formula is C15H15F3N2O2. The van der Waals surface area contributed by atoms with Gasteiger partial charge in [0.25, 0.3) is 5.69 Å². The van der Waals surface area contributed by atoms with Gasteiger partial charge in [-0.15, -0.1) is 0 Å². The summed E-state index contributed by atoms with van der Waals surface area (Å²) < 4.78 is 38.7. The second-order valence-corrected chi connectivity index (χ2v) is 5.73. The van der Waals surface area contributed by atoms with Crippen LogP contribution in [0.2, 0.25) is 0 Å². The molecular weight excluding hydrogens is 297 g/mol. The molecule has 1 aromatic rings. The van der Waals surface area contributed by atoms with Gasteiger partial charge in [-0.2, -0.15) is 13.2 Å². The lowest BCUT2D eigenvalue weighted by atomic mass is 9.96. The Morgan fingerprint density at radius 1 is 1.23 bits per heavy atom. The number of alkyl halides is 3. The predicted octanol–water partition coefficient (Wildman–Crippen LogP) is 3.87. The Balaban J connectivity index is 1.92. The van der Waals surface area contributed by atoms with Crippen LogP contribution in [0.25, 0.3) is 5.57 Å². The average Bonchev–Trinajstić information content (AvgIpc) is 3.30. The van der Waals surface area contributed by atoms with Crippen molar-refractivity contribution in [2.45, 2.75) is 31.5 Å². The third-order valence-corrected chi connectivity index (χ3v) is 4.13. The number of nitrogens with zero attached hydrogens (tertiary/aromatic N) is 2. The van der Waals surface area contributed by atoms with Crippen molar-refractivity contribution < 1.29 is 18.1 Å². The topological polar surface area (TPSA) is 46.4 Å². The molecule has 1 aliphatic heterocycles. The van der Waals surface area contributed by atoms with Crippen molar-refractivity contribution in [1.82, 2.24) is 4.90 Å². The highest BCUT2D eigenvalue weighted by Gasteiger charge is 2.34. The summed E-state index contributed by atoms with van der Waals surface area (Å²) in [6.07, 6.45) is 0.280. The van der Waals surface area contributed by atoms with Gasteiger partial charge in [-0.1, -0.05) is 6.08 Å². The third-order valence-electron chi connectivity index (χ3n) is 4.13. The van der Waals surface area contributed by atoms with Gasteiger partial charge in [0.05, 0.1) is 10.5 Å². The van der Waals surface area contributed by atoms with Crippen LogP contribution in [0.3, 0.4) is 0 Å². The Morgan fingerprint density at radius 3 is 2.45 bits per heavy atom. The Kier molecular flexibility index (Phi) is 3.68. The molecule has 0 radical (unpaired) electrons. The minimum Gasteiger partial charge on any atom is -0.296 e. The van der Waals surface area contributed by atoms with E-state index in [1.54, 1.807) is 0 Å². The van der Waals surface area contributed by atoms with Crippen molar-refractivity contribution in [3.05, 3.63) is 45.5 Å². The Bertz CT molecular complexity index is 636. The molecule has 0 aromatic heterocycles. The number of hydrogen-bond acceptors (Lipinski definition) is 3. The molecule has 0 saturated heterocycles. The summed E-state index contributed by atoms with van der Waals surface area (Å²) in [5, 5.41) is 10.9. The lowest BCUT2D eigenvalue weighted by molar-refractivity contribution is -0.385. The highest BCUT2D eigenvalue weighted by Crippen LogP contribution is 2.36. The summed E-state index contributed by atoms with van der Waals surface area (Å²) in [6.45, 7) is 1.49. The Labute approximate surface area is 125 Å². The van der Waals surface area contributed by atoms with Crippen molar-refractivity contribution in [3.63, 3.8) is 0 Å². The molecule has 0 spiro atoms. The first-order valence-electron chi connectivity index (χ1n) is 7.15. The number of non-ortho nitro benzene ring substituents is 1. The summed E-state index contributed by atoms with van der Waals surface area (Å²) in [7, 11) is 0. The van der Waals surface area contributed by atoms with Crippen LogP contribution in [0.15, 0.2) is 24.3 Å². The van der Waals surface area contributed by atoms with Gasteiger partial charge in [-0.3, -0.25) is 15.0 Å². The number of nitro groups is 1. The van der Waals surface area contributed by atoms with E-state index in [2.05, 4.69) is 4.90 Å². The van der Waals surface area contributed by atoms with Crippen LogP contribution in [0.5, 0.6) is 0 Å². The number of rotatable bonds is 3. The number of benzene rings is 1. The number of halogens is 3. The smallest absolute Gasteiger partial charge is 0.296 e. The molecule has 0 bridgehead atoms. The van der Waals surface area contributed by atoms with Crippen LogP contribution < -0.4 is 0 Å². The molecule has 1 aromatic carbocycles. The summed E-state index contributed by atoms with van der Waals surface area (Å²) in [6, 6.07) is 3.43. The molecule has 118 valence electrons. The van der Waals surface area contributed by atoms with Gasteiger partial charge in [0.15, 0.2) is 0 Å². The number of nitro benzene ring substituents is 1. The fourth-order valence-corrected chi connectivity index (χ4v) is 2.78. The molecule has 7 heteroatoms. The molecule has 1 saturated carbocycles. The van der Waals surface area contributed by atoms with Crippen LogP contribution in [-0.2, 0) is 6.18 Å². The summed E-state index contributed by atoms with van der Waals surface area (Å²) in [5.41, 5.74) is -0.430. The minimum atomic E-state index is -4.59. The third kappa shape index (κ3) is 3.14. The van der Waals surface area contributed by atoms with E-state index in [9.17, 15) is 23.3 Å². The Hall–Kier alpha value is -1.89. The maximum absolute atomic E-state index is 12.9. The molecule has 0 amide bonds. The second kappa shape index (κ2) is 5.39. The zero-order chi connectivity index (χ0) is 15.9. The molecule has 4 nitrogen and oxygen atoms in total.